The highest BCUT2D eigenvalue weighted by Gasteiger charge is 2.09. The van der Waals surface area contributed by atoms with Crippen LogP contribution in [-0.4, -0.2) is 15.9 Å². The van der Waals surface area contributed by atoms with Gasteiger partial charge >= 0.3 is 5.97 Å². The third kappa shape index (κ3) is 4.08. The number of halogens is 1. The largest absolute Gasteiger partial charge is 0.481 e. The van der Waals surface area contributed by atoms with E-state index >= 15 is 0 Å². The van der Waals surface area contributed by atoms with Crippen molar-refractivity contribution in [3.63, 3.8) is 0 Å². The smallest absolute Gasteiger partial charge is 0.304 e. The molecule has 0 radical (unpaired) electrons. The highest BCUT2D eigenvalue weighted by molar-refractivity contribution is 9.09. The molecule has 0 aromatic heterocycles. The van der Waals surface area contributed by atoms with Crippen molar-refractivity contribution in [2.45, 2.75) is 17.7 Å². The first-order chi connectivity index (χ1) is 6.18. The normalized spacial score (nSPS) is 12.4. The van der Waals surface area contributed by atoms with Gasteiger partial charge in [0.15, 0.2) is 0 Å². The monoisotopic (exact) mass is 242 g/mol. The summed E-state index contributed by atoms with van der Waals surface area (Å²) in [5.74, 6) is -0.766. The number of hydrogen-bond acceptors (Lipinski definition) is 1. The second kappa shape index (κ2) is 5.02. The fourth-order valence-corrected chi connectivity index (χ4v) is 1.78. The van der Waals surface area contributed by atoms with Crippen molar-refractivity contribution in [1.29, 1.82) is 0 Å². The predicted octanol–water partition coefficient (Wildman–Crippen LogP) is 2.47. The van der Waals surface area contributed by atoms with E-state index in [4.69, 9.17) is 5.11 Å². The van der Waals surface area contributed by atoms with Crippen LogP contribution in [0.4, 0.5) is 0 Å². The minimum atomic E-state index is -0.766. The van der Waals surface area contributed by atoms with E-state index in [0.29, 0.717) is 0 Å². The molecule has 1 rings (SSSR count). The van der Waals surface area contributed by atoms with Crippen LogP contribution in [-0.2, 0) is 11.2 Å². The van der Waals surface area contributed by atoms with Crippen molar-refractivity contribution in [3.05, 3.63) is 35.9 Å². The van der Waals surface area contributed by atoms with Crippen LogP contribution in [0.15, 0.2) is 30.3 Å². The summed E-state index contributed by atoms with van der Waals surface area (Å²) in [6.07, 6.45) is 0.919. The van der Waals surface area contributed by atoms with E-state index in [1.54, 1.807) is 0 Å². The van der Waals surface area contributed by atoms with E-state index in [1.165, 1.54) is 0 Å². The van der Waals surface area contributed by atoms with Crippen LogP contribution in [0.1, 0.15) is 12.0 Å². The molecule has 0 saturated heterocycles. The molecule has 2 nitrogen and oxygen atoms in total. The average Bonchev–Trinajstić information content (AvgIpc) is 2.04. The van der Waals surface area contributed by atoms with E-state index in [9.17, 15) is 4.79 Å². The molecule has 0 saturated carbocycles. The summed E-state index contributed by atoms with van der Waals surface area (Å²) in [6.45, 7) is 0. The van der Waals surface area contributed by atoms with Gasteiger partial charge in [-0.3, -0.25) is 4.79 Å². The summed E-state index contributed by atoms with van der Waals surface area (Å²) in [5, 5.41) is 8.53. The van der Waals surface area contributed by atoms with E-state index in [1.807, 2.05) is 30.3 Å². The zero-order valence-electron chi connectivity index (χ0n) is 7.11. The van der Waals surface area contributed by atoms with E-state index < -0.39 is 5.97 Å². The van der Waals surface area contributed by atoms with Gasteiger partial charge in [0.25, 0.3) is 0 Å². The number of alkyl halides is 1. The molecule has 0 aliphatic heterocycles. The molecule has 0 amide bonds. The second-order valence-corrected chi connectivity index (χ2v) is 4.18. The molecule has 3 heteroatoms. The molecule has 70 valence electrons. The predicted molar refractivity (Wildman–Crippen MR) is 55.1 cm³/mol. The van der Waals surface area contributed by atoms with Gasteiger partial charge in [0.1, 0.15) is 0 Å². The first-order valence-electron chi connectivity index (χ1n) is 4.08. The van der Waals surface area contributed by atoms with Crippen LogP contribution in [0.3, 0.4) is 0 Å². The number of carboxylic acid groups (broad SMARTS) is 1. The lowest BCUT2D eigenvalue weighted by Gasteiger charge is -2.05. The third-order valence-corrected chi connectivity index (χ3v) is 2.34. The number of hydrogen-bond donors (Lipinski definition) is 1. The average molecular weight is 243 g/mol. The Morgan fingerprint density at radius 2 is 2.00 bits per heavy atom. The van der Waals surface area contributed by atoms with Gasteiger partial charge in [0.2, 0.25) is 0 Å². The van der Waals surface area contributed by atoms with Crippen molar-refractivity contribution in [2.75, 3.05) is 0 Å². The lowest BCUT2D eigenvalue weighted by molar-refractivity contribution is -0.136. The molecule has 0 spiro atoms. The van der Waals surface area contributed by atoms with Crippen LogP contribution >= 0.6 is 15.9 Å². The van der Waals surface area contributed by atoms with E-state index in [2.05, 4.69) is 15.9 Å². The SMILES string of the molecule is O=C(O)CC(Br)Cc1ccccc1. The Labute approximate surface area is 85.7 Å². The Hall–Kier alpha value is -0.830. The zero-order valence-corrected chi connectivity index (χ0v) is 8.70. The first-order valence-corrected chi connectivity index (χ1v) is 5.00. The summed E-state index contributed by atoms with van der Waals surface area (Å²) in [5.41, 5.74) is 1.16. The van der Waals surface area contributed by atoms with Crippen LogP contribution in [0.25, 0.3) is 0 Å². The quantitative estimate of drug-likeness (QED) is 0.825. The Morgan fingerprint density at radius 3 is 2.54 bits per heavy atom. The number of rotatable bonds is 4. The van der Waals surface area contributed by atoms with Gasteiger partial charge in [-0.2, -0.15) is 0 Å². The molecule has 1 unspecified atom stereocenters. The third-order valence-electron chi connectivity index (χ3n) is 1.70. The topological polar surface area (TPSA) is 37.3 Å². The van der Waals surface area contributed by atoms with Gasteiger partial charge in [0.05, 0.1) is 6.42 Å². The Balaban J connectivity index is 2.45. The number of carbonyl (C=O) groups is 1. The van der Waals surface area contributed by atoms with Crippen molar-refractivity contribution in [2.24, 2.45) is 0 Å². The van der Waals surface area contributed by atoms with Crippen molar-refractivity contribution >= 4 is 21.9 Å². The standard InChI is InChI=1S/C10H11BrO2/c11-9(7-10(12)13)6-8-4-2-1-3-5-8/h1-5,9H,6-7H2,(H,12,13). The summed E-state index contributed by atoms with van der Waals surface area (Å²) < 4.78 is 0. The fourth-order valence-electron chi connectivity index (χ4n) is 1.13. The van der Waals surface area contributed by atoms with Crippen molar-refractivity contribution < 1.29 is 9.90 Å². The first kappa shape index (κ1) is 10.3. The molecule has 1 aromatic carbocycles. The van der Waals surface area contributed by atoms with Gasteiger partial charge in [0, 0.05) is 4.83 Å². The van der Waals surface area contributed by atoms with Gasteiger partial charge in [-0.05, 0) is 12.0 Å². The Morgan fingerprint density at radius 1 is 1.38 bits per heavy atom. The number of aliphatic carboxylic acids is 1. The summed E-state index contributed by atoms with van der Waals surface area (Å²) in [4.78, 5) is 10.4. The maximum Gasteiger partial charge on any atom is 0.304 e. The van der Waals surface area contributed by atoms with E-state index in [0.717, 1.165) is 12.0 Å². The van der Waals surface area contributed by atoms with Crippen LogP contribution in [0.2, 0.25) is 0 Å². The Bertz CT molecular complexity index is 272. The summed E-state index contributed by atoms with van der Waals surface area (Å²) >= 11 is 3.33. The number of benzene rings is 1. The zero-order chi connectivity index (χ0) is 9.68. The molecule has 1 atom stereocenters. The molecule has 13 heavy (non-hydrogen) atoms. The van der Waals surface area contributed by atoms with Crippen molar-refractivity contribution in [3.8, 4) is 0 Å². The summed E-state index contributed by atoms with van der Waals surface area (Å²) in [7, 11) is 0. The lowest BCUT2D eigenvalue weighted by atomic mass is 10.1. The highest BCUT2D eigenvalue weighted by atomic mass is 79.9. The van der Waals surface area contributed by atoms with Crippen molar-refractivity contribution in [1.82, 2.24) is 0 Å². The maximum atomic E-state index is 10.4. The second-order valence-electron chi connectivity index (χ2n) is 2.88. The minimum absolute atomic E-state index is 0.0207. The highest BCUT2D eigenvalue weighted by Crippen LogP contribution is 2.12. The molecule has 0 heterocycles. The van der Waals surface area contributed by atoms with Gasteiger partial charge in [-0.15, -0.1) is 0 Å². The lowest BCUT2D eigenvalue weighted by Crippen LogP contribution is -2.09. The fraction of sp³-hybridized carbons (Fsp3) is 0.300. The molecule has 1 aromatic rings. The molecule has 0 aliphatic rings. The van der Waals surface area contributed by atoms with E-state index in [-0.39, 0.29) is 11.2 Å². The number of carboxylic acids is 1. The molecule has 0 aliphatic carbocycles. The molecular weight excluding hydrogens is 232 g/mol. The van der Waals surface area contributed by atoms with Crippen LogP contribution < -0.4 is 0 Å². The molecular formula is C10H11BrO2. The van der Waals surface area contributed by atoms with Gasteiger partial charge in [-0.1, -0.05) is 46.3 Å². The van der Waals surface area contributed by atoms with Crippen LogP contribution in [0.5, 0.6) is 0 Å². The molecule has 0 fully saturated rings. The minimum Gasteiger partial charge on any atom is -0.481 e. The summed E-state index contributed by atoms with van der Waals surface area (Å²) in [6, 6.07) is 9.85. The van der Waals surface area contributed by atoms with Gasteiger partial charge < -0.3 is 5.11 Å². The molecule has 1 N–H and O–H groups in total. The van der Waals surface area contributed by atoms with Gasteiger partial charge in [-0.25, -0.2) is 0 Å². The maximum absolute atomic E-state index is 10.4. The van der Waals surface area contributed by atoms with Crippen LogP contribution in [0, 0.1) is 0 Å². The molecule has 0 bridgehead atoms. The Kier molecular flexibility index (Phi) is 3.96.